The molecule has 1 heterocycles. The molecule has 1 aliphatic carbocycles. The SMILES string of the molecule is COc1ccc(NC(=O)C2(N)CCCCC2)cc1OCc1ccncc1. The van der Waals surface area contributed by atoms with Gasteiger partial charge < -0.3 is 20.5 Å². The smallest absolute Gasteiger partial charge is 0.244 e. The number of methoxy groups -OCH3 is 1. The van der Waals surface area contributed by atoms with E-state index in [1.807, 2.05) is 12.1 Å². The second kappa shape index (κ2) is 8.19. The topological polar surface area (TPSA) is 86.5 Å². The molecular weight excluding hydrogens is 330 g/mol. The van der Waals surface area contributed by atoms with Gasteiger partial charge in [0.05, 0.1) is 12.6 Å². The Hall–Kier alpha value is -2.60. The van der Waals surface area contributed by atoms with E-state index in [0.717, 1.165) is 37.7 Å². The van der Waals surface area contributed by atoms with Gasteiger partial charge in [-0.05, 0) is 42.7 Å². The summed E-state index contributed by atoms with van der Waals surface area (Å²) in [6.07, 6.45) is 8.01. The van der Waals surface area contributed by atoms with Crippen molar-refractivity contribution < 1.29 is 14.3 Å². The maximum atomic E-state index is 12.6. The molecule has 1 fully saturated rings. The molecule has 0 bridgehead atoms. The lowest BCUT2D eigenvalue weighted by atomic mass is 9.82. The molecule has 1 aromatic carbocycles. The minimum absolute atomic E-state index is 0.137. The van der Waals surface area contributed by atoms with Gasteiger partial charge in [-0.1, -0.05) is 19.3 Å². The molecule has 0 radical (unpaired) electrons. The number of benzene rings is 1. The van der Waals surface area contributed by atoms with Crippen LogP contribution in [-0.4, -0.2) is 23.5 Å². The molecule has 3 rings (SSSR count). The third-order valence-corrected chi connectivity index (χ3v) is 4.76. The molecule has 6 heteroatoms. The highest BCUT2D eigenvalue weighted by Crippen LogP contribution is 2.32. The lowest BCUT2D eigenvalue weighted by Crippen LogP contribution is -2.52. The Morgan fingerprint density at radius 2 is 1.88 bits per heavy atom. The van der Waals surface area contributed by atoms with Crippen molar-refractivity contribution in [1.29, 1.82) is 0 Å². The summed E-state index contributed by atoms with van der Waals surface area (Å²) < 4.78 is 11.2. The zero-order valence-electron chi connectivity index (χ0n) is 15.0. The largest absolute Gasteiger partial charge is 0.493 e. The van der Waals surface area contributed by atoms with Gasteiger partial charge >= 0.3 is 0 Å². The van der Waals surface area contributed by atoms with Crippen LogP contribution in [-0.2, 0) is 11.4 Å². The maximum absolute atomic E-state index is 12.6. The Bertz CT molecular complexity index is 743. The molecule has 138 valence electrons. The molecule has 6 nitrogen and oxygen atoms in total. The molecule has 0 saturated heterocycles. The molecule has 0 atom stereocenters. The lowest BCUT2D eigenvalue weighted by molar-refractivity contribution is -0.122. The minimum atomic E-state index is -0.782. The summed E-state index contributed by atoms with van der Waals surface area (Å²) in [5.41, 5.74) is 7.17. The molecule has 1 saturated carbocycles. The summed E-state index contributed by atoms with van der Waals surface area (Å²) in [5.74, 6) is 1.04. The van der Waals surface area contributed by atoms with Gasteiger partial charge in [0, 0.05) is 24.1 Å². The van der Waals surface area contributed by atoms with Crippen molar-refractivity contribution in [2.75, 3.05) is 12.4 Å². The van der Waals surface area contributed by atoms with Crippen molar-refractivity contribution >= 4 is 11.6 Å². The Labute approximate surface area is 153 Å². The fourth-order valence-electron chi connectivity index (χ4n) is 3.17. The van der Waals surface area contributed by atoms with Crippen molar-refractivity contribution in [3.05, 3.63) is 48.3 Å². The highest BCUT2D eigenvalue weighted by Gasteiger charge is 2.35. The van der Waals surface area contributed by atoms with Gasteiger partial charge in [0.15, 0.2) is 11.5 Å². The first kappa shape index (κ1) is 18.2. The van der Waals surface area contributed by atoms with Crippen molar-refractivity contribution in [3.63, 3.8) is 0 Å². The fourth-order valence-corrected chi connectivity index (χ4v) is 3.17. The number of rotatable bonds is 6. The summed E-state index contributed by atoms with van der Waals surface area (Å²) in [5, 5.41) is 2.93. The molecular formula is C20H25N3O3. The molecule has 1 amide bonds. The van der Waals surface area contributed by atoms with E-state index in [0.29, 0.717) is 23.8 Å². The Kier molecular flexibility index (Phi) is 5.73. The van der Waals surface area contributed by atoms with Gasteiger partial charge in [-0.15, -0.1) is 0 Å². The van der Waals surface area contributed by atoms with E-state index in [-0.39, 0.29) is 5.91 Å². The lowest BCUT2D eigenvalue weighted by Gasteiger charge is -2.31. The number of carbonyl (C=O) groups excluding carboxylic acids is 1. The predicted octanol–water partition coefficient (Wildman–Crippen LogP) is 3.27. The number of aromatic nitrogens is 1. The summed E-state index contributed by atoms with van der Waals surface area (Å²) in [6.45, 7) is 0.386. The Morgan fingerprint density at radius 1 is 1.15 bits per heavy atom. The molecule has 3 N–H and O–H groups in total. The first-order valence-corrected chi connectivity index (χ1v) is 8.91. The summed E-state index contributed by atoms with van der Waals surface area (Å²) in [4.78, 5) is 16.6. The van der Waals surface area contributed by atoms with E-state index in [1.165, 1.54) is 0 Å². The average Bonchev–Trinajstić information content (AvgIpc) is 2.68. The van der Waals surface area contributed by atoms with Crippen molar-refractivity contribution in [3.8, 4) is 11.5 Å². The van der Waals surface area contributed by atoms with E-state index >= 15 is 0 Å². The number of carbonyl (C=O) groups is 1. The maximum Gasteiger partial charge on any atom is 0.244 e. The van der Waals surface area contributed by atoms with Crippen LogP contribution in [0.25, 0.3) is 0 Å². The second-order valence-electron chi connectivity index (χ2n) is 6.68. The summed E-state index contributed by atoms with van der Waals surface area (Å²) in [7, 11) is 1.59. The zero-order valence-corrected chi connectivity index (χ0v) is 15.0. The van der Waals surface area contributed by atoms with Crippen LogP contribution >= 0.6 is 0 Å². The quantitative estimate of drug-likeness (QED) is 0.830. The highest BCUT2D eigenvalue weighted by molar-refractivity contribution is 5.98. The molecule has 0 spiro atoms. The van der Waals surface area contributed by atoms with E-state index in [2.05, 4.69) is 10.3 Å². The van der Waals surface area contributed by atoms with Crippen LogP contribution in [0.1, 0.15) is 37.7 Å². The zero-order chi connectivity index (χ0) is 18.4. The number of pyridine rings is 1. The predicted molar refractivity (Wildman–Crippen MR) is 100 cm³/mol. The van der Waals surface area contributed by atoms with Gasteiger partial charge in [-0.25, -0.2) is 0 Å². The molecule has 0 unspecified atom stereocenters. The van der Waals surface area contributed by atoms with Crippen molar-refractivity contribution in [1.82, 2.24) is 4.98 Å². The third-order valence-electron chi connectivity index (χ3n) is 4.76. The number of nitrogens with two attached hydrogens (primary N) is 1. The fraction of sp³-hybridized carbons (Fsp3) is 0.400. The number of hydrogen-bond donors (Lipinski definition) is 2. The van der Waals surface area contributed by atoms with E-state index in [1.54, 1.807) is 37.7 Å². The third kappa shape index (κ3) is 4.32. The molecule has 1 aliphatic rings. The van der Waals surface area contributed by atoms with Gasteiger partial charge in [0.1, 0.15) is 6.61 Å². The molecule has 0 aliphatic heterocycles. The normalized spacial score (nSPS) is 15.9. The number of hydrogen-bond acceptors (Lipinski definition) is 5. The van der Waals surface area contributed by atoms with Gasteiger partial charge in [0.2, 0.25) is 5.91 Å². The van der Waals surface area contributed by atoms with Gasteiger partial charge in [-0.3, -0.25) is 9.78 Å². The Balaban J connectivity index is 1.71. The Morgan fingerprint density at radius 3 is 2.58 bits per heavy atom. The minimum Gasteiger partial charge on any atom is -0.493 e. The second-order valence-corrected chi connectivity index (χ2v) is 6.68. The number of amides is 1. The van der Waals surface area contributed by atoms with E-state index in [9.17, 15) is 4.79 Å². The van der Waals surface area contributed by atoms with Crippen LogP contribution in [0.5, 0.6) is 11.5 Å². The summed E-state index contributed by atoms with van der Waals surface area (Å²) >= 11 is 0. The molecule has 26 heavy (non-hydrogen) atoms. The van der Waals surface area contributed by atoms with Gasteiger partial charge in [0.25, 0.3) is 0 Å². The van der Waals surface area contributed by atoms with Crippen LogP contribution in [0, 0.1) is 0 Å². The standard InChI is InChI=1S/C20H25N3O3/c1-25-17-6-5-16(23-19(24)20(21)9-3-2-4-10-20)13-18(17)26-14-15-7-11-22-12-8-15/h5-8,11-13H,2-4,9-10,14,21H2,1H3,(H,23,24). The average molecular weight is 355 g/mol. The number of nitrogens with one attached hydrogen (secondary N) is 1. The first-order chi connectivity index (χ1) is 12.6. The van der Waals surface area contributed by atoms with Crippen LogP contribution in [0.4, 0.5) is 5.69 Å². The van der Waals surface area contributed by atoms with Crippen LogP contribution < -0.4 is 20.5 Å². The number of anilines is 1. The highest BCUT2D eigenvalue weighted by atomic mass is 16.5. The van der Waals surface area contributed by atoms with Crippen molar-refractivity contribution in [2.45, 2.75) is 44.2 Å². The molecule has 1 aromatic heterocycles. The molecule has 2 aromatic rings. The monoisotopic (exact) mass is 355 g/mol. The number of nitrogens with zero attached hydrogens (tertiary/aromatic N) is 1. The van der Waals surface area contributed by atoms with Gasteiger partial charge in [-0.2, -0.15) is 0 Å². The van der Waals surface area contributed by atoms with Crippen LogP contribution in [0.3, 0.4) is 0 Å². The number of ether oxygens (including phenoxy) is 2. The van der Waals surface area contributed by atoms with Crippen LogP contribution in [0.2, 0.25) is 0 Å². The van der Waals surface area contributed by atoms with Crippen molar-refractivity contribution in [2.24, 2.45) is 5.73 Å². The first-order valence-electron chi connectivity index (χ1n) is 8.91. The van der Waals surface area contributed by atoms with Crippen LogP contribution in [0.15, 0.2) is 42.7 Å². The van der Waals surface area contributed by atoms with E-state index in [4.69, 9.17) is 15.2 Å². The summed E-state index contributed by atoms with van der Waals surface area (Å²) in [6, 6.07) is 9.12. The van der Waals surface area contributed by atoms with E-state index < -0.39 is 5.54 Å².